The minimum absolute atomic E-state index is 0.00665. The molecule has 0 unspecified atom stereocenters. The summed E-state index contributed by atoms with van der Waals surface area (Å²) < 4.78 is 29.4. The second-order valence-corrected chi connectivity index (χ2v) is 13.3. The first-order chi connectivity index (χ1) is 22.8. The predicted octanol–water partition coefficient (Wildman–Crippen LogP) is 5.94. The van der Waals surface area contributed by atoms with E-state index in [4.69, 9.17) is 28.8 Å². The van der Waals surface area contributed by atoms with Crippen LogP contribution in [0.1, 0.15) is 104 Å². The Labute approximate surface area is 285 Å². The van der Waals surface area contributed by atoms with Crippen molar-refractivity contribution in [3.8, 4) is 0 Å². The van der Waals surface area contributed by atoms with Crippen LogP contribution in [0.3, 0.4) is 0 Å². The number of unbranched alkanes of at least 4 members (excludes halogenated alkanes) is 4. The van der Waals surface area contributed by atoms with Crippen molar-refractivity contribution in [2.24, 2.45) is 11.3 Å². The summed E-state index contributed by atoms with van der Waals surface area (Å²) in [6, 6.07) is 9.60. The number of carbonyl (C=O) groups excluding carboxylic acids is 3. The normalized spacial score (nSPS) is 21.8. The number of esters is 2. The minimum Gasteiger partial charge on any atom is -0.481 e. The number of aliphatic carboxylic acids is 1. The molecule has 1 aromatic rings. The van der Waals surface area contributed by atoms with Gasteiger partial charge in [-0.2, -0.15) is 0 Å². The number of benzene rings is 1. The van der Waals surface area contributed by atoms with E-state index in [9.17, 15) is 24.3 Å². The lowest BCUT2D eigenvalue weighted by Crippen LogP contribution is -2.61. The van der Waals surface area contributed by atoms with Gasteiger partial charge in [0, 0.05) is 38.4 Å². The standard InChI is InChI=1S/C37H56O11/c1-7-8-9-10-14-17-29(38)22-31-28(21-35(43)44-5)20-30(23-32(39)26(2)46-24-27-15-12-11-13-16-27)48-37(31,45-6)36(3,4)25-47-34(42)19-18-33(40)41/h11-13,15-16,21,26,30-32,39H,7-10,14,17-20,22-25H2,1-6H3,(H,40,41)/b28-21+/t26-,30-,31-,32+,37+/m0/s1. The third-order valence-electron chi connectivity index (χ3n) is 8.99. The van der Waals surface area contributed by atoms with Gasteiger partial charge in [0.05, 0.1) is 50.3 Å². The van der Waals surface area contributed by atoms with Gasteiger partial charge in [0.15, 0.2) is 5.79 Å². The van der Waals surface area contributed by atoms with Crippen LogP contribution in [-0.4, -0.2) is 78.8 Å². The smallest absolute Gasteiger partial charge is 0.330 e. The highest BCUT2D eigenvalue weighted by Gasteiger charge is 2.58. The average Bonchev–Trinajstić information content (AvgIpc) is 3.06. The molecule has 11 nitrogen and oxygen atoms in total. The number of carboxylic acid groups (broad SMARTS) is 1. The lowest BCUT2D eigenvalue weighted by molar-refractivity contribution is -0.340. The van der Waals surface area contributed by atoms with Crippen LogP contribution in [0.25, 0.3) is 0 Å². The molecule has 1 heterocycles. The molecule has 0 aromatic heterocycles. The summed E-state index contributed by atoms with van der Waals surface area (Å²) in [6.45, 7) is 7.52. The fraction of sp³-hybridized carbons (Fsp3) is 0.676. The molecule has 1 aliphatic rings. The Kier molecular flexibility index (Phi) is 17.5. The lowest BCUT2D eigenvalue weighted by Gasteiger charge is -2.54. The Balaban J connectivity index is 2.41. The number of rotatable bonds is 22. The van der Waals surface area contributed by atoms with Gasteiger partial charge in [-0.05, 0) is 25.3 Å². The zero-order valence-electron chi connectivity index (χ0n) is 29.5. The summed E-state index contributed by atoms with van der Waals surface area (Å²) in [5, 5.41) is 20.2. The highest BCUT2D eigenvalue weighted by molar-refractivity contribution is 5.84. The van der Waals surface area contributed by atoms with Crippen molar-refractivity contribution >= 4 is 23.7 Å². The molecule has 0 saturated carbocycles. The molecule has 2 rings (SSSR count). The fourth-order valence-corrected chi connectivity index (χ4v) is 6.16. The molecule has 48 heavy (non-hydrogen) atoms. The summed E-state index contributed by atoms with van der Waals surface area (Å²) in [4.78, 5) is 49.6. The third-order valence-corrected chi connectivity index (χ3v) is 8.99. The van der Waals surface area contributed by atoms with E-state index in [2.05, 4.69) is 6.92 Å². The van der Waals surface area contributed by atoms with Gasteiger partial charge in [0.25, 0.3) is 0 Å². The number of hydrogen-bond acceptors (Lipinski definition) is 10. The van der Waals surface area contributed by atoms with Crippen LogP contribution in [0.15, 0.2) is 42.0 Å². The summed E-state index contributed by atoms with van der Waals surface area (Å²) in [6.07, 6.45) is 4.09. The fourth-order valence-electron chi connectivity index (χ4n) is 6.16. The number of carbonyl (C=O) groups is 4. The molecular weight excluding hydrogens is 620 g/mol. The molecule has 1 fully saturated rings. The Morgan fingerprint density at radius 3 is 2.35 bits per heavy atom. The van der Waals surface area contributed by atoms with Crippen molar-refractivity contribution in [1.29, 1.82) is 0 Å². The van der Waals surface area contributed by atoms with E-state index in [1.807, 2.05) is 30.3 Å². The van der Waals surface area contributed by atoms with E-state index in [1.165, 1.54) is 20.3 Å². The third kappa shape index (κ3) is 12.7. The number of aliphatic hydroxyl groups is 1. The molecule has 1 saturated heterocycles. The Morgan fingerprint density at radius 1 is 1.04 bits per heavy atom. The predicted molar refractivity (Wildman–Crippen MR) is 179 cm³/mol. The van der Waals surface area contributed by atoms with Gasteiger partial charge in [-0.3, -0.25) is 14.4 Å². The largest absolute Gasteiger partial charge is 0.481 e. The van der Waals surface area contributed by atoms with Crippen molar-refractivity contribution in [2.45, 2.75) is 129 Å². The highest BCUT2D eigenvalue weighted by Crippen LogP contribution is 2.51. The number of Topliss-reactive ketones (excluding diaryl/α,β-unsaturated/α-hetero) is 1. The van der Waals surface area contributed by atoms with E-state index < -0.39 is 53.3 Å². The van der Waals surface area contributed by atoms with Crippen molar-refractivity contribution in [3.05, 3.63) is 47.5 Å². The molecule has 0 amide bonds. The summed E-state index contributed by atoms with van der Waals surface area (Å²) >= 11 is 0. The van der Waals surface area contributed by atoms with Crippen LogP contribution in [-0.2, 0) is 49.5 Å². The molecule has 270 valence electrons. The SMILES string of the molecule is CCCCCCCC(=O)C[C@H]1/C(=C/C(=O)OC)C[C@@H](C[C@@H](O)[C@H](C)OCc2ccccc2)O[C@@]1(OC)C(C)(C)COC(=O)CCC(=O)O. The van der Waals surface area contributed by atoms with Crippen LogP contribution in [0.2, 0.25) is 0 Å². The first-order valence-electron chi connectivity index (χ1n) is 17.0. The van der Waals surface area contributed by atoms with Crippen LogP contribution in [0, 0.1) is 11.3 Å². The maximum absolute atomic E-state index is 13.5. The van der Waals surface area contributed by atoms with Crippen molar-refractivity contribution in [3.63, 3.8) is 0 Å². The van der Waals surface area contributed by atoms with Crippen molar-refractivity contribution in [2.75, 3.05) is 20.8 Å². The summed E-state index contributed by atoms with van der Waals surface area (Å²) in [5.74, 6) is -4.79. The number of ketones is 1. The summed E-state index contributed by atoms with van der Waals surface area (Å²) in [7, 11) is 2.71. The van der Waals surface area contributed by atoms with Crippen LogP contribution < -0.4 is 0 Å². The molecule has 0 radical (unpaired) electrons. The Bertz CT molecular complexity index is 1190. The van der Waals surface area contributed by atoms with Gasteiger partial charge in [-0.15, -0.1) is 0 Å². The van der Waals surface area contributed by atoms with E-state index in [0.29, 0.717) is 18.6 Å². The molecular formula is C37H56O11. The monoisotopic (exact) mass is 676 g/mol. The number of ether oxygens (including phenoxy) is 5. The first kappa shape index (κ1) is 41.1. The van der Waals surface area contributed by atoms with Crippen LogP contribution >= 0.6 is 0 Å². The minimum atomic E-state index is -1.59. The van der Waals surface area contributed by atoms with E-state index in [1.54, 1.807) is 20.8 Å². The topological polar surface area (TPSA) is 155 Å². The van der Waals surface area contributed by atoms with Crippen molar-refractivity contribution < 1.29 is 53.1 Å². The number of carboxylic acids is 1. The average molecular weight is 677 g/mol. The molecule has 0 bridgehead atoms. The van der Waals surface area contributed by atoms with Crippen molar-refractivity contribution in [1.82, 2.24) is 0 Å². The molecule has 11 heteroatoms. The zero-order valence-corrected chi connectivity index (χ0v) is 29.5. The molecule has 0 aliphatic carbocycles. The lowest BCUT2D eigenvalue weighted by atomic mass is 9.68. The maximum Gasteiger partial charge on any atom is 0.330 e. The summed E-state index contributed by atoms with van der Waals surface area (Å²) in [5.41, 5.74) is 0.417. The van der Waals surface area contributed by atoms with E-state index >= 15 is 0 Å². The van der Waals surface area contributed by atoms with Gasteiger partial charge in [0.2, 0.25) is 0 Å². The number of hydrogen-bond donors (Lipinski definition) is 2. The van der Waals surface area contributed by atoms with Gasteiger partial charge in [-0.1, -0.05) is 82.4 Å². The van der Waals surface area contributed by atoms with E-state index in [-0.39, 0.29) is 44.5 Å². The van der Waals surface area contributed by atoms with Crippen LogP contribution in [0.5, 0.6) is 0 Å². The second-order valence-electron chi connectivity index (χ2n) is 13.3. The van der Waals surface area contributed by atoms with Gasteiger partial charge < -0.3 is 33.9 Å². The number of aliphatic hydroxyl groups excluding tert-OH is 1. The Hall–Kier alpha value is -3.12. The molecule has 5 atom stereocenters. The Morgan fingerprint density at radius 2 is 1.73 bits per heavy atom. The second kappa shape index (κ2) is 20.4. The van der Waals surface area contributed by atoms with Gasteiger partial charge >= 0.3 is 17.9 Å². The van der Waals surface area contributed by atoms with Gasteiger partial charge in [-0.25, -0.2) is 4.79 Å². The highest BCUT2D eigenvalue weighted by atomic mass is 16.7. The van der Waals surface area contributed by atoms with Gasteiger partial charge in [0.1, 0.15) is 12.4 Å². The first-order valence-corrected chi connectivity index (χ1v) is 17.0. The quantitative estimate of drug-likeness (QED) is 0.0851. The molecule has 1 aliphatic heterocycles. The number of methoxy groups -OCH3 is 2. The maximum atomic E-state index is 13.5. The molecule has 1 aromatic carbocycles. The van der Waals surface area contributed by atoms with E-state index in [0.717, 1.165) is 37.7 Å². The van der Waals surface area contributed by atoms with Crippen LogP contribution in [0.4, 0.5) is 0 Å². The zero-order chi connectivity index (χ0) is 35.7. The molecule has 0 spiro atoms. The molecule has 2 N–H and O–H groups in total.